The van der Waals surface area contributed by atoms with Gasteiger partial charge in [0.1, 0.15) is 5.60 Å². The molecule has 0 saturated carbocycles. The Morgan fingerprint density at radius 1 is 0.704 bits per heavy atom. The summed E-state index contributed by atoms with van der Waals surface area (Å²) in [5.74, 6) is -3.25. The molecule has 0 aliphatic heterocycles. The molecule has 0 aliphatic carbocycles. The van der Waals surface area contributed by atoms with Crippen LogP contribution in [0.3, 0.4) is 0 Å². The molecule has 0 aromatic heterocycles. The van der Waals surface area contributed by atoms with Gasteiger partial charge in [-0.25, -0.2) is 0 Å². The Morgan fingerprint density at radius 2 is 1.19 bits per heavy atom. The van der Waals surface area contributed by atoms with Crippen molar-refractivity contribution in [3.05, 3.63) is 0 Å². The Balaban J connectivity index is 4.10. The van der Waals surface area contributed by atoms with E-state index in [4.69, 9.17) is 24.4 Å². The van der Waals surface area contributed by atoms with Crippen molar-refractivity contribution in [1.29, 1.82) is 0 Å². The predicted octanol–water partition coefficient (Wildman–Crippen LogP) is 2.16. The van der Waals surface area contributed by atoms with Gasteiger partial charge in [0, 0.05) is 12.8 Å². The average Bonchev–Trinajstić information content (AvgIpc) is 2.49. The number of carbonyl (C=O) groups is 4. The second-order valence-corrected chi connectivity index (χ2v) is 7.35. The van der Waals surface area contributed by atoms with Gasteiger partial charge in [0.25, 0.3) is 0 Å². The molecule has 0 radical (unpaired) electrons. The van der Waals surface area contributed by atoms with Gasteiger partial charge in [-0.15, -0.1) is 0 Å². The molecule has 0 atom stereocenters. The summed E-state index contributed by atoms with van der Waals surface area (Å²) in [6, 6.07) is 0. The number of carboxylic acid groups (broad SMARTS) is 2. The monoisotopic (exact) mass is 390 g/mol. The molecule has 9 nitrogen and oxygen atoms in total. The Morgan fingerprint density at radius 3 is 1.70 bits per heavy atom. The molecular weight excluding hydrogens is 360 g/mol. The van der Waals surface area contributed by atoms with Crippen molar-refractivity contribution in [2.24, 2.45) is 0 Å². The smallest absolute Gasteiger partial charge is 0.306 e. The number of hydrogen-bond donors (Lipinski definition) is 2. The first-order chi connectivity index (χ1) is 12.3. The van der Waals surface area contributed by atoms with Crippen molar-refractivity contribution in [1.82, 2.24) is 0 Å². The van der Waals surface area contributed by atoms with Crippen molar-refractivity contribution in [2.45, 2.75) is 77.4 Å². The summed E-state index contributed by atoms with van der Waals surface area (Å²) in [7, 11) is 0. The largest absolute Gasteiger partial charge is 0.481 e. The second-order valence-electron chi connectivity index (χ2n) is 7.35. The molecule has 0 aromatic carbocycles. The number of carboxylic acids is 2. The van der Waals surface area contributed by atoms with Crippen LogP contribution in [-0.4, -0.2) is 58.5 Å². The topological polar surface area (TPSA) is 136 Å². The minimum Gasteiger partial charge on any atom is -0.481 e. The van der Waals surface area contributed by atoms with E-state index >= 15 is 0 Å². The van der Waals surface area contributed by atoms with Crippen molar-refractivity contribution in [2.75, 3.05) is 13.2 Å². The molecule has 0 unspecified atom stereocenters. The van der Waals surface area contributed by atoms with E-state index in [1.54, 1.807) is 13.8 Å². The Labute approximate surface area is 159 Å². The van der Waals surface area contributed by atoms with E-state index in [1.807, 2.05) is 13.8 Å². The van der Waals surface area contributed by atoms with Crippen LogP contribution in [0.2, 0.25) is 0 Å². The molecule has 27 heavy (non-hydrogen) atoms. The maximum absolute atomic E-state index is 11.6. The first-order valence-corrected chi connectivity index (χ1v) is 8.78. The third-order valence-electron chi connectivity index (χ3n) is 3.64. The van der Waals surface area contributed by atoms with Gasteiger partial charge in [-0.3, -0.25) is 19.2 Å². The molecule has 0 rings (SSSR count). The zero-order chi connectivity index (χ0) is 21.1. The summed E-state index contributed by atoms with van der Waals surface area (Å²) >= 11 is 0. The molecule has 0 aliphatic rings. The van der Waals surface area contributed by atoms with E-state index in [-0.39, 0.29) is 32.3 Å². The zero-order valence-electron chi connectivity index (χ0n) is 16.4. The summed E-state index contributed by atoms with van der Waals surface area (Å²) in [6.07, 6.45) is -0.0582. The number of ether oxygens (including phenoxy) is 3. The van der Waals surface area contributed by atoms with Crippen LogP contribution in [0.25, 0.3) is 0 Å². The van der Waals surface area contributed by atoms with Crippen molar-refractivity contribution in [3.8, 4) is 0 Å². The fraction of sp³-hybridized carbons (Fsp3) is 0.778. The van der Waals surface area contributed by atoms with Crippen LogP contribution in [0.5, 0.6) is 0 Å². The third-order valence-corrected chi connectivity index (χ3v) is 3.64. The Bertz CT molecular complexity index is 523. The van der Waals surface area contributed by atoms with E-state index in [2.05, 4.69) is 0 Å². The number of rotatable bonds is 14. The summed E-state index contributed by atoms with van der Waals surface area (Å²) in [5.41, 5.74) is -1.38. The molecule has 0 bridgehead atoms. The average molecular weight is 390 g/mol. The van der Waals surface area contributed by atoms with E-state index in [0.29, 0.717) is 19.4 Å². The molecule has 156 valence electrons. The molecular formula is C18H30O9. The van der Waals surface area contributed by atoms with E-state index in [9.17, 15) is 19.2 Å². The van der Waals surface area contributed by atoms with Gasteiger partial charge >= 0.3 is 23.9 Å². The number of aliphatic carboxylic acids is 2. The highest BCUT2D eigenvalue weighted by atomic mass is 16.6. The van der Waals surface area contributed by atoms with Crippen LogP contribution in [0.15, 0.2) is 0 Å². The van der Waals surface area contributed by atoms with Gasteiger partial charge in [-0.05, 0) is 27.7 Å². The molecule has 0 fully saturated rings. The number of hydrogen-bond acceptors (Lipinski definition) is 7. The standard InChI is InChI=1S/C18H30O9/c1-17(2,9-11-25-15(23)7-5-13(19)20)26-12-10-18(3,4)27-16(24)8-6-14(21)22/h5-12H2,1-4H3,(H,19,20)(H,21,22). The summed E-state index contributed by atoms with van der Waals surface area (Å²) < 4.78 is 16.0. The van der Waals surface area contributed by atoms with Crippen molar-refractivity contribution >= 4 is 23.9 Å². The van der Waals surface area contributed by atoms with Gasteiger partial charge in [-0.2, -0.15) is 0 Å². The van der Waals surface area contributed by atoms with Crippen LogP contribution >= 0.6 is 0 Å². The predicted molar refractivity (Wildman–Crippen MR) is 94.1 cm³/mol. The van der Waals surface area contributed by atoms with Gasteiger partial charge < -0.3 is 24.4 Å². The third kappa shape index (κ3) is 14.7. The van der Waals surface area contributed by atoms with E-state index < -0.39 is 35.1 Å². The highest BCUT2D eigenvalue weighted by Crippen LogP contribution is 2.20. The van der Waals surface area contributed by atoms with Gasteiger partial charge in [0.05, 0.1) is 44.5 Å². The lowest BCUT2D eigenvalue weighted by Crippen LogP contribution is -2.33. The maximum Gasteiger partial charge on any atom is 0.306 e. The van der Waals surface area contributed by atoms with Gasteiger partial charge in [-0.1, -0.05) is 0 Å². The molecule has 9 heteroatoms. The number of carbonyl (C=O) groups excluding carboxylic acids is 2. The van der Waals surface area contributed by atoms with Gasteiger partial charge in [0.15, 0.2) is 0 Å². The highest BCUT2D eigenvalue weighted by Gasteiger charge is 2.25. The molecule has 0 saturated heterocycles. The summed E-state index contributed by atoms with van der Waals surface area (Å²) in [5, 5.41) is 17.1. The highest BCUT2D eigenvalue weighted by molar-refractivity contribution is 5.77. The number of esters is 2. The lowest BCUT2D eigenvalue weighted by Gasteiger charge is -2.29. The molecule has 0 amide bonds. The Kier molecular flexibility index (Phi) is 10.6. The van der Waals surface area contributed by atoms with Crippen LogP contribution in [0, 0.1) is 0 Å². The minimum atomic E-state index is -1.06. The van der Waals surface area contributed by atoms with Crippen LogP contribution in [0.1, 0.15) is 66.2 Å². The zero-order valence-corrected chi connectivity index (χ0v) is 16.4. The first-order valence-electron chi connectivity index (χ1n) is 8.78. The SMILES string of the molecule is CC(C)(CCOC(=O)CCC(=O)O)OCCC(C)(C)OC(=O)CCC(=O)O. The van der Waals surface area contributed by atoms with E-state index in [1.165, 1.54) is 0 Å². The maximum atomic E-state index is 11.6. The van der Waals surface area contributed by atoms with Crippen LogP contribution in [-0.2, 0) is 33.4 Å². The molecule has 0 heterocycles. The molecule has 0 spiro atoms. The summed E-state index contributed by atoms with van der Waals surface area (Å²) in [4.78, 5) is 43.8. The second kappa shape index (κ2) is 11.5. The van der Waals surface area contributed by atoms with Gasteiger partial charge in [0.2, 0.25) is 0 Å². The molecule has 2 N–H and O–H groups in total. The lowest BCUT2D eigenvalue weighted by molar-refractivity contribution is -0.161. The van der Waals surface area contributed by atoms with E-state index in [0.717, 1.165) is 0 Å². The fourth-order valence-corrected chi connectivity index (χ4v) is 1.96. The molecule has 0 aromatic rings. The first kappa shape index (κ1) is 24.8. The summed E-state index contributed by atoms with van der Waals surface area (Å²) in [6.45, 7) is 7.48. The lowest BCUT2D eigenvalue weighted by atomic mass is 10.0. The van der Waals surface area contributed by atoms with Crippen molar-refractivity contribution < 1.29 is 43.6 Å². The van der Waals surface area contributed by atoms with Crippen molar-refractivity contribution in [3.63, 3.8) is 0 Å². The Hall–Kier alpha value is -2.16. The normalized spacial score (nSPS) is 11.7. The van der Waals surface area contributed by atoms with Crippen LogP contribution in [0.4, 0.5) is 0 Å². The fourth-order valence-electron chi connectivity index (χ4n) is 1.96. The van der Waals surface area contributed by atoms with Crippen LogP contribution < -0.4 is 0 Å². The quantitative estimate of drug-likeness (QED) is 0.427. The minimum absolute atomic E-state index is 0.110.